The maximum atomic E-state index is 13.0. The van der Waals surface area contributed by atoms with E-state index in [9.17, 15) is 14.7 Å². The predicted molar refractivity (Wildman–Crippen MR) is 202 cm³/mol. The Morgan fingerprint density at radius 1 is 0.868 bits per heavy atom. The molecule has 12 nitrogen and oxygen atoms in total. The second-order valence-corrected chi connectivity index (χ2v) is 13.9. The lowest BCUT2D eigenvalue weighted by atomic mass is 9.86. The van der Waals surface area contributed by atoms with Crippen LogP contribution in [0.25, 0.3) is 0 Å². The maximum Gasteiger partial charge on any atom is 0.305 e. The number of ketones is 1. The Morgan fingerprint density at radius 3 is 2.21 bits per heavy atom. The molecule has 0 radical (unpaired) electrons. The van der Waals surface area contributed by atoms with Crippen LogP contribution in [0.15, 0.2) is 106 Å². The van der Waals surface area contributed by atoms with E-state index in [0.717, 1.165) is 74.1 Å². The van der Waals surface area contributed by atoms with Gasteiger partial charge in [-0.3, -0.25) is 9.59 Å². The Kier molecular flexibility index (Phi) is 12.0. The number of aliphatic imine (C=N–C) groups is 3. The first-order chi connectivity index (χ1) is 25.5. The van der Waals surface area contributed by atoms with Gasteiger partial charge in [-0.1, -0.05) is 13.8 Å². The van der Waals surface area contributed by atoms with Gasteiger partial charge in [0.25, 0.3) is 0 Å². The second-order valence-electron chi connectivity index (χ2n) is 13.9. The molecule has 6 rings (SSSR count). The monoisotopic (exact) mass is 726 g/mol. The molecule has 8 bridgehead atoms. The number of hydrogen-bond acceptors (Lipinski definition) is 12. The summed E-state index contributed by atoms with van der Waals surface area (Å²) in [5.74, 6) is -0.236. The van der Waals surface area contributed by atoms with E-state index in [1.807, 2.05) is 32.1 Å². The number of hydrogen-bond donors (Lipinski definition) is 3. The van der Waals surface area contributed by atoms with Crippen LogP contribution in [0.4, 0.5) is 0 Å². The highest BCUT2D eigenvalue weighted by atomic mass is 16.6. The van der Waals surface area contributed by atoms with Crippen molar-refractivity contribution in [2.75, 3.05) is 52.9 Å². The summed E-state index contributed by atoms with van der Waals surface area (Å²) < 4.78 is 21.6. The summed E-state index contributed by atoms with van der Waals surface area (Å²) in [4.78, 5) is 41.1. The zero-order chi connectivity index (χ0) is 37.8. The molecule has 0 aromatic rings. The Bertz CT molecular complexity index is 1930. The minimum absolute atomic E-state index is 0.0177. The molecule has 282 valence electrons. The third-order valence-electron chi connectivity index (χ3n) is 10.5. The van der Waals surface area contributed by atoms with E-state index in [4.69, 9.17) is 39.0 Å². The summed E-state index contributed by atoms with van der Waals surface area (Å²) in [6.45, 7) is 14.0. The average molecular weight is 727 g/mol. The van der Waals surface area contributed by atoms with Gasteiger partial charge in [0, 0.05) is 52.8 Å². The van der Waals surface area contributed by atoms with Crippen LogP contribution >= 0.6 is 0 Å². The molecule has 1 fully saturated rings. The van der Waals surface area contributed by atoms with Crippen LogP contribution in [0.5, 0.6) is 0 Å². The highest BCUT2D eigenvalue weighted by Crippen LogP contribution is 2.46. The first-order valence-electron chi connectivity index (χ1n) is 18.5. The molecule has 53 heavy (non-hydrogen) atoms. The highest BCUT2D eigenvalue weighted by Gasteiger charge is 2.41. The minimum Gasteiger partial charge on any atom is -0.511 e. The van der Waals surface area contributed by atoms with Crippen molar-refractivity contribution in [1.29, 1.82) is 0 Å². The number of aliphatic hydroxyl groups excluding tert-OH is 2. The summed E-state index contributed by atoms with van der Waals surface area (Å²) in [5, 5.41) is 23.7. The fourth-order valence-electron chi connectivity index (χ4n) is 7.72. The van der Waals surface area contributed by atoms with Crippen LogP contribution in [-0.2, 0) is 28.5 Å². The van der Waals surface area contributed by atoms with Crippen LogP contribution in [-0.4, -0.2) is 92.0 Å². The van der Waals surface area contributed by atoms with Gasteiger partial charge >= 0.3 is 5.97 Å². The molecule has 12 heteroatoms. The molecule has 0 spiro atoms. The van der Waals surface area contributed by atoms with Crippen LogP contribution in [0, 0.1) is 11.8 Å². The van der Waals surface area contributed by atoms with E-state index in [1.54, 1.807) is 6.92 Å². The van der Waals surface area contributed by atoms with Gasteiger partial charge in [-0.05, 0) is 81.1 Å². The van der Waals surface area contributed by atoms with Gasteiger partial charge in [0.05, 0.1) is 80.5 Å². The van der Waals surface area contributed by atoms with Crippen molar-refractivity contribution in [3.05, 3.63) is 91.5 Å². The Morgan fingerprint density at radius 2 is 1.53 bits per heavy atom. The molecule has 5 heterocycles. The summed E-state index contributed by atoms with van der Waals surface area (Å²) in [5.41, 5.74) is 12.3. The number of fused-ring (bicyclic) bond motifs is 5. The quantitative estimate of drug-likeness (QED) is 0.136. The molecule has 0 saturated carbocycles. The maximum absolute atomic E-state index is 13.0. The normalized spacial score (nSPS) is 22.0. The molecule has 0 unspecified atom stereocenters. The minimum atomic E-state index is -0.317. The first kappa shape index (κ1) is 38.2. The number of nitrogens with zero attached hydrogens (tertiary/aromatic N) is 3. The van der Waals surface area contributed by atoms with Gasteiger partial charge in [0.15, 0.2) is 5.78 Å². The van der Waals surface area contributed by atoms with Crippen LogP contribution < -0.4 is 5.32 Å². The van der Waals surface area contributed by atoms with Gasteiger partial charge in [-0.15, -0.1) is 0 Å². The number of esters is 1. The number of rotatable bonds is 16. The second kappa shape index (κ2) is 16.7. The van der Waals surface area contributed by atoms with E-state index < -0.39 is 0 Å². The molecular weight excluding hydrogens is 676 g/mol. The summed E-state index contributed by atoms with van der Waals surface area (Å²) >= 11 is 0. The fraction of sp³-hybridized carbons (Fsp3) is 0.488. The van der Waals surface area contributed by atoms with Gasteiger partial charge in [-0.25, -0.2) is 15.0 Å². The number of Topliss-reactive ketones (excluding diaryl/α,β-unsaturated/α-hetero) is 1. The van der Waals surface area contributed by atoms with Gasteiger partial charge in [-0.2, -0.15) is 0 Å². The number of carbonyl (C=O) groups is 2. The molecule has 3 N–H and O–H groups in total. The number of carbonyl (C=O) groups excluding carboxylic acids is 2. The highest BCUT2D eigenvalue weighted by molar-refractivity contribution is 6.22. The Hall–Kier alpha value is -4.49. The standard InChI is InChI=1S/C41H50N4O8/c1-7-27-22(2)30-21-35-38(26(6)47)24(4)32(43-35)19-31-23(3)28(8-9-37(49)53-17-16-52-15-14-51-13-12-50-11-10-46)40(44-31)29-18-36(48)39-25(5)33(45-41(29)39)20-34(27)42-30/h19-21,23,28,44,46,48H,7-18H2,1-6H3/t23-,28-/m0/s1. The fourth-order valence-corrected chi connectivity index (χ4v) is 7.72. The summed E-state index contributed by atoms with van der Waals surface area (Å²) in [6, 6.07) is 0. The van der Waals surface area contributed by atoms with Crippen molar-refractivity contribution < 1.29 is 38.7 Å². The van der Waals surface area contributed by atoms with Crippen LogP contribution in [0.2, 0.25) is 0 Å². The van der Waals surface area contributed by atoms with Crippen molar-refractivity contribution in [2.24, 2.45) is 26.8 Å². The van der Waals surface area contributed by atoms with E-state index >= 15 is 0 Å². The van der Waals surface area contributed by atoms with Gasteiger partial charge in [0.2, 0.25) is 0 Å². The van der Waals surface area contributed by atoms with Crippen molar-refractivity contribution in [2.45, 2.75) is 67.2 Å². The number of aliphatic hydroxyl groups is 2. The third kappa shape index (κ3) is 7.91. The molecule has 0 amide bonds. The van der Waals surface area contributed by atoms with Gasteiger partial charge in [0.1, 0.15) is 12.4 Å². The molecular formula is C41H50N4O8. The third-order valence-corrected chi connectivity index (χ3v) is 10.5. The van der Waals surface area contributed by atoms with E-state index in [2.05, 4.69) is 26.1 Å². The summed E-state index contributed by atoms with van der Waals surface area (Å²) in [6.07, 6.45) is 7.72. The molecule has 2 atom stereocenters. The van der Waals surface area contributed by atoms with Crippen molar-refractivity contribution in [3.63, 3.8) is 0 Å². The lowest BCUT2D eigenvalue weighted by Crippen LogP contribution is -2.17. The Balaban J connectivity index is 1.25. The zero-order valence-corrected chi connectivity index (χ0v) is 31.6. The van der Waals surface area contributed by atoms with E-state index in [1.165, 1.54) is 0 Å². The zero-order valence-electron chi connectivity index (χ0n) is 31.6. The summed E-state index contributed by atoms with van der Waals surface area (Å²) in [7, 11) is 0. The Labute approximate surface area is 310 Å². The van der Waals surface area contributed by atoms with Crippen molar-refractivity contribution in [3.8, 4) is 0 Å². The molecule has 0 aromatic heterocycles. The molecule has 6 aliphatic rings. The van der Waals surface area contributed by atoms with E-state index in [0.29, 0.717) is 56.3 Å². The van der Waals surface area contributed by atoms with Crippen molar-refractivity contribution in [1.82, 2.24) is 5.32 Å². The number of allylic oxidation sites excluding steroid dienone is 12. The van der Waals surface area contributed by atoms with E-state index in [-0.39, 0.29) is 62.2 Å². The first-order valence-corrected chi connectivity index (χ1v) is 18.5. The molecule has 1 aliphatic carbocycles. The molecule has 0 aromatic carbocycles. The smallest absolute Gasteiger partial charge is 0.305 e. The number of nitrogens with one attached hydrogen (secondary N) is 1. The lowest BCUT2D eigenvalue weighted by molar-refractivity contribution is -0.145. The topological polar surface area (TPSA) is 161 Å². The SMILES string of the molecule is CCC1=C(C)C2=NC1=CC1=C(C)C3=C(O)CC(=C4NC(=CC5=NC(=C2)C(C(C)=O)=C5C)[C@@H](C)[C@@H]4CCC(=O)OCCOCCOCCOCCO)C3=N1. The van der Waals surface area contributed by atoms with Crippen LogP contribution in [0.3, 0.4) is 0 Å². The average Bonchev–Trinajstić information content (AvgIpc) is 3.88. The molecule has 5 aliphatic heterocycles. The molecule has 1 saturated heterocycles. The van der Waals surface area contributed by atoms with Crippen molar-refractivity contribution >= 4 is 28.9 Å². The predicted octanol–water partition coefficient (Wildman–Crippen LogP) is 5.61. The van der Waals surface area contributed by atoms with Crippen LogP contribution in [0.1, 0.15) is 67.2 Å². The van der Waals surface area contributed by atoms with Gasteiger partial charge < -0.3 is 34.5 Å². The lowest BCUT2D eigenvalue weighted by Gasteiger charge is -2.17. The number of ether oxygens (including phenoxy) is 4. The largest absolute Gasteiger partial charge is 0.511 e.